The Hall–Kier alpha value is -3.60. The minimum absolute atomic E-state index is 0.0764. The first-order valence-electron chi connectivity index (χ1n) is 12.6. The molecule has 2 aliphatic rings. The predicted molar refractivity (Wildman–Crippen MR) is 138 cm³/mol. The molecule has 2 bridgehead atoms. The quantitative estimate of drug-likeness (QED) is 0.487. The number of methoxy groups -OCH3 is 1. The van der Waals surface area contributed by atoms with Gasteiger partial charge in [0.05, 0.1) is 12.2 Å². The van der Waals surface area contributed by atoms with Gasteiger partial charge in [-0.15, -0.1) is 0 Å². The molecule has 37 heavy (non-hydrogen) atoms. The molecule has 2 aliphatic heterocycles. The molecule has 0 spiro atoms. The zero-order valence-electron chi connectivity index (χ0n) is 20.7. The van der Waals surface area contributed by atoms with Gasteiger partial charge in [-0.2, -0.15) is 5.26 Å². The Morgan fingerprint density at radius 3 is 2.38 bits per heavy atom. The lowest BCUT2D eigenvalue weighted by molar-refractivity contribution is 0.0575. The normalized spacial score (nSPS) is 20.6. The highest BCUT2D eigenvalue weighted by Crippen LogP contribution is 2.39. The average molecular weight is 502 g/mol. The summed E-state index contributed by atoms with van der Waals surface area (Å²) in [5, 5.41) is 9.16. The fourth-order valence-electron chi connectivity index (χ4n) is 5.78. The van der Waals surface area contributed by atoms with Crippen molar-refractivity contribution in [3.63, 3.8) is 0 Å². The molecule has 2 fully saturated rings. The van der Waals surface area contributed by atoms with Gasteiger partial charge >= 0.3 is 0 Å². The van der Waals surface area contributed by atoms with E-state index in [1.165, 1.54) is 18.2 Å². The van der Waals surface area contributed by atoms with Gasteiger partial charge in [-0.3, -0.25) is 4.79 Å². The van der Waals surface area contributed by atoms with Crippen molar-refractivity contribution < 1.29 is 18.3 Å². The van der Waals surface area contributed by atoms with Crippen molar-refractivity contribution >= 4 is 5.91 Å². The third-order valence-corrected chi connectivity index (χ3v) is 7.59. The second kappa shape index (κ2) is 10.4. The van der Waals surface area contributed by atoms with Gasteiger partial charge in [0.2, 0.25) is 0 Å². The van der Waals surface area contributed by atoms with Crippen molar-refractivity contribution in [1.29, 1.82) is 5.26 Å². The summed E-state index contributed by atoms with van der Waals surface area (Å²) in [5.41, 5.74) is 9.27. The van der Waals surface area contributed by atoms with Gasteiger partial charge in [0, 0.05) is 36.4 Å². The van der Waals surface area contributed by atoms with Crippen molar-refractivity contribution in [2.45, 2.75) is 50.2 Å². The largest absolute Gasteiger partial charge is 0.384 e. The zero-order valence-corrected chi connectivity index (χ0v) is 20.7. The van der Waals surface area contributed by atoms with Crippen LogP contribution in [0.4, 0.5) is 8.78 Å². The Bertz CT molecular complexity index is 1370. The second-order valence-corrected chi connectivity index (χ2v) is 9.95. The first kappa shape index (κ1) is 25.1. The zero-order chi connectivity index (χ0) is 26.1. The van der Waals surface area contributed by atoms with Gasteiger partial charge in [0.1, 0.15) is 17.7 Å². The molecule has 5 nitrogen and oxygen atoms in total. The number of rotatable bonds is 6. The Morgan fingerprint density at radius 2 is 1.73 bits per heavy atom. The lowest BCUT2D eigenvalue weighted by atomic mass is 9.90. The molecule has 0 aromatic heterocycles. The van der Waals surface area contributed by atoms with E-state index in [0.717, 1.165) is 31.2 Å². The maximum absolute atomic E-state index is 15.3. The number of halogens is 2. The summed E-state index contributed by atoms with van der Waals surface area (Å²) in [5.74, 6) is -1.16. The Labute approximate surface area is 215 Å². The third-order valence-electron chi connectivity index (χ3n) is 7.59. The van der Waals surface area contributed by atoms with Crippen LogP contribution in [0.3, 0.4) is 0 Å². The number of fused-ring (bicyclic) bond motifs is 2. The number of hydrogen-bond acceptors (Lipinski definition) is 4. The number of carbonyl (C=O) groups is 1. The fraction of sp³-hybridized carbons (Fsp3) is 0.333. The van der Waals surface area contributed by atoms with Gasteiger partial charge in [0.25, 0.3) is 5.91 Å². The van der Waals surface area contributed by atoms with Crippen molar-refractivity contribution in [2.75, 3.05) is 13.7 Å². The highest BCUT2D eigenvalue weighted by Gasteiger charge is 2.42. The van der Waals surface area contributed by atoms with E-state index in [2.05, 4.69) is 0 Å². The second-order valence-electron chi connectivity index (χ2n) is 9.95. The van der Waals surface area contributed by atoms with Crippen LogP contribution in [0, 0.1) is 23.0 Å². The number of benzene rings is 3. The van der Waals surface area contributed by atoms with Crippen LogP contribution in [-0.4, -0.2) is 42.6 Å². The highest BCUT2D eigenvalue weighted by atomic mass is 19.1. The Balaban J connectivity index is 1.58. The van der Waals surface area contributed by atoms with Gasteiger partial charge in [-0.1, -0.05) is 24.3 Å². The molecule has 5 rings (SSSR count). The van der Waals surface area contributed by atoms with Crippen molar-refractivity contribution in [3.8, 4) is 28.3 Å². The number of ether oxygens (including phenoxy) is 1. The Kier molecular flexibility index (Phi) is 7.05. The molecule has 0 radical (unpaired) electrons. The number of piperidine rings is 1. The number of carbonyl (C=O) groups excluding carboxylic acids is 1. The molecular weight excluding hydrogens is 472 g/mol. The van der Waals surface area contributed by atoms with Crippen LogP contribution in [0.1, 0.15) is 47.2 Å². The summed E-state index contributed by atoms with van der Waals surface area (Å²) in [6.07, 6.45) is 4.03. The molecule has 2 saturated heterocycles. The van der Waals surface area contributed by atoms with E-state index in [-0.39, 0.29) is 29.6 Å². The van der Waals surface area contributed by atoms with E-state index >= 15 is 4.39 Å². The van der Waals surface area contributed by atoms with Crippen molar-refractivity contribution in [2.24, 2.45) is 5.73 Å². The standard InChI is InChI=1S/C30H29F2N3O2/c1-37-11-10-18-2-8-26(29(32)12-18)25-9-5-20(13-27(25)19-3-4-21(17-33)28(31)14-19)30(36)35-23-6-7-24(35)16-22(34)15-23/h2-5,8-9,12-14,22-24H,6-7,10-11,15-16,34H2,1H3/t22-,23+,24-. The van der Waals surface area contributed by atoms with Gasteiger partial charge < -0.3 is 15.4 Å². The number of nitrogens with two attached hydrogens (primary N) is 1. The van der Waals surface area contributed by atoms with Crippen molar-refractivity contribution in [3.05, 3.63) is 82.9 Å². The summed E-state index contributed by atoms with van der Waals surface area (Å²) >= 11 is 0. The van der Waals surface area contributed by atoms with E-state index in [1.807, 2.05) is 17.0 Å². The summed E-state index contributed by atoms with van der Waals surface area (Å²) in [7, 11) is 1.60. The SMILES string of the molecule is COCCc1ccc(-c2ccc(C(=O)N3[C@@H]4CC[C@H]3C[C@@H](N)C4)cc2-c2ccc(C#N)c(F)c2)c(F)c1. The molecule has 190 valence electrons. The first-order chi connectivity index (χ1) is 17.9. The van der Waals surface area contributed by atoms with Crippen LogP contribution in [0.2, 0.25) is 0 Å². The molecule has 0 aliphatic carbocycles. The fourth-order valence-corrected chi connectivity index (χ4v) is 5.78. The smallest absolute Gasteiger partial charge is 0.254 e. The van der Waals surface area contributed by atoms with E-state index < -0.39 is 11.6 Å². The minimum atomic E-state index is -0.666. The van der Waals surface area contributed by atoms with E-state index in [1.54, 1.807) is 37.4 Å². The molecule has 7 heteroatoms. The van der Waals surface area contributed by atoms with Crippen LogP contribution in [0.25, 0.3) is 22.3 Å². The molecule has 1 amide bonds. The van der Waals surface area contributed by atoms with Gasteiger partial charge in [-0.05, 0) is 84.7 Å². The molecule has 2 heterocycles. The molecular formula is C30H29F2N3O2. The molecule has 0 saturated carbocycles. The summed E-state index contributed by atoms with van der Waals surface area (Å²) in [6, 6.07) is 16.6. The number of amides is 1. The lowest BCUT2D eigenvalue weighted by Gasteiger charge is -2.38. The molecule has 0 unspecified atom stereocenters. The highest BCUT2D eigenvalue weighted by molar-refractivity contribution is 5.98. The lowest BCUT2D eigenvalue weighted by Crippen LogP contribution is -2.50. The number of hydrogen-bond donors (Lipinski definition) is 1. The monoisotopic (exact) mass is 501 g/mol. The van der Waals surface area contributed by atoms with E-state index in [0.29, 0.717) is 40.8 Å². The van der Waals surface area contributed by atoms with Gasteiger partial charge in [-0.25, -0.2) is 8.78 Å². The van der Waals surface area contributed by atoms with Gasteiger partial charge in [0.15, 0.2) is 0 Å². The molecule has 3 aromatic carbocycles. The molecule has 2 N–H and O–H groups in total. The predicted octanol–water partition coefficient (Wildman–Crippen LogP) is 5.45. The molecule has 3 aromatic rings. The summed E-state index contributed by atoms with van der Waals surface area (Å²) in [4.78, 5) is 15.6. The van der Waals surface area contributed by atoms with Crippen LogP contribution in [0.5, 0.6) is 0 Å². The third kappa shape index (κ3) is 4.87. The van der Waals surface area contributed by atoms with E-state index in [9.17, 15) is 9.18 Å². The molecule has 3 atom stereocenters. The topological polar surface area (TPSA) is 79.3 Å². The first-order valence-corrected chi connectivity index (χ1v) is 12.6. The number of nitrogens with zero attached hydrogens (tertiary/aromatic N) is 2. The average Bonchev–Trinajstić information content (AvgIpc) is 3.17. The Morgan fingerprint density at radius 1 is 1.00 bits per heavy atom. The van der Waals surface area contributed by atoms with Crippen LogP contribution in [0.15, 0.2) is 54.6 Å². The summed E-state index contributed by atoms with van der Waals surface area (Å²) in [6.45, 7) is 0.481. The van der Waals surface area contributed by atoms with Crippen LogP contribution in [-0.2, 0) is 11.2 Å². The van der Waals surface area contributed by atoms with Crippen molar-refractivity contribution in [1.82, 2.24) is 4.90 Å². The minimum Gasteiger partial charge on any atom is -0.384 e. The van der Waals surface area contributed by atoms with Crippen LogP contribution < -0.4 is 5.73 Å². The maximum Gasteiger partial charge on any atom is 0.254 e. The summed E-state index contributed by atoms with van der Waals surface area (Å²) < 4.78 is 35.0. The van der Waals surface area contributed by atoms with E-state index in [4.69, 9.17) is 15.7 Å². The van der Waals surface area contributed by atoms with Crippen LogP contribution >= 0.6 is 0 Å². The number of nitriles is 1. The maximum atomic E-state index is 15.3.